The standard InChI is InChI=1S/C14H9F6N3O3/c1-21-9(14(17,18)19)6-10(24)22(13(21)26)7-2-4-8(5-3-7)23(20)12(25)11(15)16/h2-6,11H,1H3. The predicted octanol–water partition coefficient (Wildman–Crippen LogP) is 2.04. The lowest BCUT2D eigenvalue weighted by atomic mass is 10.2. The number of halogens is 6. The van der Waals surface area contributed by atoms with E-state index >= 15 is 0 Å². The van der Waals surface area contributed by atoms with E-state index in [1.165, 1.54) is 0 Å². The minimum atomic E-state index is -4.93. The van der Waals surface area contributed by atoms with E-state index in [1.807, 2.05) is 0 Å². The summed E-state index contributed by atoms with van der Waals surface area (Å²) in [4.78, 5) is 34.8. The van der Waals surface area contributed by atoms with Gasteiger partial charge in [-0.1, -0.05) is 4.48 Å². The molecule has 2 aromatic rings. The van der Waals surface area contributed by atoms with Crippen LogP contribution in [0, 0.1) is 0 Å². The summed E-state index contributed by atoms with van der Waals surface area (Å²) in [6, 6.07) is 3.64. The van der Waals surface area contributed by atoms with Crippen molar-refractivity contribution in [1.82, 2.24) is 9.13 Å². The lowest BCUT2D eigenvalue weighted by Gasteiger charge is -2.15. The molecule has 0 fully saturated rings. The number of alkyl halides is 5. The van der Waals surface area contributed by atoms with Gasteiger partial charge in [-0.15, -0.1) is 5.12 Å². The van der Waals surface area contributed by atoms with Crippen molar-refractivity contribution in [3.05, 3.63) is 56.9 Å². The molecule has 2 rings (SSSR count). The quantitative estimate of drug-likeness (QED) is 0.604. The molecule has 0 N–H and O–H groups in total. The van der Waals surface area contributed by atoms with Crippen LogP contribution in [0.4, 0.5) is 32.1 Å². The summed E-state index contributed by atoms with van der Waals surface area (Å²) in [7, 11) is 0.806. The molecule has 26 heavy (non-hydrogen) atoms. The van der Waals surface area contributed by atoms with Crippen molar-refractivity contribution >= 4 is 11.6 Å². The van der Waals surface area contributed by atoms with E-state index in [1.54, 1.807) is 0 Å². The van der Waals surface area contributed by atoms with Crippen LogP contribution in [0.5, 0.6) is 0 Å². The summed E-state index contributed by atoms with van der Waals surface area (Å²) in [6.07, 6.45) is -8.52. The summed E-state index contributed by atoms with van der Waals surface area (Å²) >= 11 is 0. The number of carbonyl (C=O) groups is 1. The van der Waals surface area contributed by atoms with Crippen LogP contribution >= 0.6 is 0 Å². The predicted molar refractivity (Wildman–Crippen MR) is 76.9 cm³/mol. The highest BCUT2D eigenvalue weighted by Gasteiger charge is 2.35. The second kappa shape index (κ2) is 6.69. The van der Waals surface area contributed by atoms with Crippen LogP contribution < -0.4 is 16.4 Å². The maximum atomic E-state index is 13.5. The molecule has 0 spiro atoms. The highest BCUT2D eigenvalue weighted by molar-refractivity contribution is 5.93. The summed E-state index contributed by atoms with van der Waals surface area (Å²) in [5.41, 5.74) is -4.94. The van der Waals surface area contributed by atoms with Crippen LogP contribution in [-0.4, -0.2) is 21.5 Å². The fraction of sp³-hybridized carbons (Fsp3) is 0.214. The number of hydrogen-bond donors (Lipinski definition) is 0. The number of hydrogen-bond acceptors (Lipinski definition) is 3. The molecule has 0 aliphatic carbocycles. The first-order chi connectivity index (χ1) is 11.9. The van der Waals surface area contributed by atoms with E-state index in [0.717, 1.165) is 31.3 Å². The summed E-state index contributed by atoms with van der Waals surface area (Å²) < 4.78 is 76.7. The molecule has 12 heteroatoms. The van der Waals surface area contributed by atoms with Gasteiger partial charge in [0.2, 0.25) is 0 Å². The minimum absolute atomic E-state index is 0.205. The fourth-order valence-corrected chi connectivity index (χ4v) is 2.08. The average Bonchev–Trinajstić information content (AvgIpc) is 2.56. The first kappa shape index (κ1) is 19.3. The Kier molecular flexibility index (Phi) is 4.96. The molecule has 0 saturated heterocycles. The van der Waals surface area contributed by atoms with Crippen molar-refractivity contribution in [2.75, 3.05) is 5.12 Å². The molecule has 0 aliphatic heterocycles. The van der Waals surface area contributed by atoms with Gasteiger partial charge >= 0.3 is 24.2 Å². The minimum Gasteiger partial charge on any atom is -0.292 e. The Morgan fingerprint density at radius 2 is 1.65 bits per heavy atom. The molecule has 0 unspecified atom stereocenters. The molecule has 0 aliphatic rings. The van der Waals surface area contributed by atoms with Gasteiger partial charge in [-0.25, -0.2) is 9.36 Å². The average molecular weight is 381 g/mol. The summed E-state index contributed by atoms with van der Waals surface area (Å²) in [6.45, 7) is 0. The summed E-state index contributed by atoms with van der Waals surface area (Å²) in [5, 5.41) is -0.831. The maximum absolute atomic E-state index is 13.5. The largest absolute Gasteiger partial charge is 0.431 e. The first-order valence-electron chi connectivity index (χ1n) is 6.73. The number of rotatable bonds is 3. The lowest BCUT2D eigenvalue weighted by Crippen LogP contribution is -2.40. The van der Waals surface area contributed by atoms with E-state index < -0.39 is 46.3 Å². The van der Waals surface area contributed by atoms with Crippen LogP contribution in [0.1, 0.15) is 5.69 Å². The maximum Gasteiger partial charge on any atom is 0.431 e. The molecule has 0 bridgehead atoms. The molecule has 1 aromatic carbocycles. The molecule has 0 saturated carbocycles. The van der Waals surface area contributed by atoms with Gasteiger partial charge in [0.25, 0.3) is 5.56 Å². The normalized spacial score (nSPS) is 11.7. The Hall–Kier alpha value is -3.05. The van der Waals surface area contributed by atoms with Crippen LogP contribution in [0.15, 0.2) is 39.9 Å². The van der Waals surface area contributed by atoms with Crippen molar-refractivity contribution in [3.8, 4) is 5.69 Å². The third-order valence-corrected chi connectivity index (χ3v) is 3.33. The topological polar surface area (TPSA) is 64.3 Å². The molecule has 1 aromatic heterocycles. The number of carbonyl (C=O) groups excluding carboxylic acids is 1. The SMILES string of the molecule is Cn1c(C(F)(F)F)cc(=O)n(-c2ccc(N(F)C(=O)C(F)F)cc2)c1=O. The van der Waals surface area contributed by atoms with Crippen molar-refractivity contribution in [3.63, 3.8) is 0 Å². The van der Waals surface area contributed by atoms with Crippen molar-refractivity contribution < 1.29 is 31.2 Å². The third-order valence-electron chi connectivity index (χ3n) is 3.33. The number of aromatic nitrogens is 2. The molecule has 6 nitrogen and oxygen atoms in total. The van der Waals surface area contributed by atoms with Gasteiger partial charge in [-0.3, -0.25) is 14.2 Å². The van der Waals surface area contributed by atoms with Gasteiger partial charge in [-0.05, 0) is 24.3 Å². The zero-order chi connectivity index (χ0) is 19.8. The highest BCUT2D eigenvalue weighted by atomic mass is 19.4. The molecule has 140 valence electrons. The number of benzene rings is 1. The van der Waals surface area contributed by atoms with E-state index in [9.17, 15) is 40.8 Å². The molecule has 0 atom stereocenters. The first-order valence-corrected chi connectivity index (χ1v) is 6.73. The van der Waals surface area contributed by atoms with Crippen molar-refractivity contribution in [1.29, 1.82) is 0 Å². The fourth-order valence-electron chi connectivity index (χ4n) is 2.08. The Morgan fingerprint density at radius 3 is 2.12 bits per heavy atom. The Bertz CT molecular complexity index is 946. The second-order valence-electron chi connectivity index (χ2n) is 4.98. The van der Waals surface area contributed by atoms with Gasteiger partial charge < -0.3 is 0 Å². The molecule has 0 radical (unpaired) electrons. The van der Waals surface area contributed by atoms with Gasteiger partial charge in [0.1, 0.15) is 5.69 Å². The zero-order valence-electron chi connectivity index (χ0n) is 12.8. The summed E-state index contributed by atoms with van der Waals surface area (Å²) in [5.74, 6) is -2.12. The zero-order valence-corrected chi connectivity index (χ0v) is 12.8. The van der Waals surface area contributed by atoms with Gasteiger partial charge in [0.15, 0.2) is 0 Å². The Labute approximate surface area is 140 Å². The molecular formula is C14H9F6N3O3. The van der Waals surface area contributed by atoms with Gasteiger partial charge in [-0.2, -0.15) is 22.0 Å². The van der Waals surface area contributed by atoms with Gasteiger partial charge in [0.05, 0.1) is 11.4 Å². The van der Waals surface area contributed by atoms with E-state index in [4.69, 9.17) is 0 Å². The highest BCUT2D eigenvalue weighted by Crippen LogP contribution is 2.27. The number of anilines is 1. The van der Waals surface area contributed by atoms with Crippen LogP contribution in [-0.2, 0) is 18.0 Å². The number of amides is 1. The Morgan fingerprint density at radius 1 is 1.12 bits per heavy atom. The molecule has 1 heterocycles. The third kappa shape index (κ3) is 3.48. The van der Waals surface area contributed by atoms with Crippen LogP contribution in [0.2, 0.25) is 0 Å². The van der Waals surface area contributed by atoms with Crippen molar-refractivity contribution in [2.45, 2.75) is 12.6 Å². The molecular weight excluding hydrogens is 372 g/mol. The van der Waals surface area contributed by atoms with E-state index in [-0.39, 0.29) is 16.3 Å². The smallest absolute Gasteiger partial charge is 0.292 e. The second-order valence-corrected chi connectivity index (χ2v) is 4.98. The van der Waals surface area contributed by atoms with E-state index in [2.05, 4.69) is 0 Å². The number of nitrogens with zero attached hydrogens (tertiary/aromatic N) is 3. The van der Waals surface area contributed by atoms with Crippen molar-refractivity contribution in [2.24, 2.45) is 7.05 Å². The van der Waals surface area contributed by atoms with Crippen LogP contribution in [0.3, 0.4) is 0 Å². The Balaban J connectivity index is 2.51. The van der Waals surface area contributed by atoms with E-state index in [0.29, 0.717) is 4.57 Å². The van der Waals surface area contributed by atoms with Crippen LogP contribution in [0.25, 0.3) is 5.69 Å². The van der Waals surface area contributed by atoms with Gasteiger partial charge in [0, 0.05) is 13.1 Å². The monoisotopic (exact) mass is 381 g/mol. The molecule has 1 amide bonds. The lowest BCUT2D eigenvalue weighted by molar-refractivity contribution is -0.144.